The maximum atomic E-state index is 12.4. The fraction of sp³-hybridized carbons (Fsp3) is 0.182. The van der Waals surface area contributed by atoms with E-state index in [-0.39, 0.29) is 27.7 Å². The summed E-state index contributed by atoms with van der Waals surface area (Å²) in [6.45, 7) is 1.40. The van der Waals surface area contributed by atoms with Crippen LogP contribution in [0.1, 0.15) is 26.3 Å². The van der Waals surface area contributed by atoms with Gasteiger partial charge in [0.25, 0.3) is 5.91 Å². The molecule has 2 aromatic carbocycles. The van der Waals surface area contributed by atoms with Crippen molar-refractivity contribution in [3.8, 4) is 11.3 Å². The van der Waals surface area contributed by atoms with Gasteiger partial charge in [-0.1, -0.05) is 18.2 Å². The fourth-order valence-electron chi connectivity index (χ4n) is 3.07. The van der Waals surface area contributed by atoms with Crippen molar-refractivity contribution in [2.75, 3.05) is 26.0 Å². The highest BCUT2D eigenvalue weighted by atomic mass is 32.2. The number of carboxylic acid groups (broad SMARTS) is 1. The number of amides is 2. The minimum atomic E-state index is -3.71. The van der Waals surface area contributed by atoms with Crippen LogP contribution in [-0.2, 0) is 14.8 Å². The largest absolute Gasteiger partial charge is 0.478 e. The average molecular weight is 503 g/mol. The first-order chi connectivity index (χ1) is 16.0. The van der Waals surface area contributed by atoms with Crippen LogP contribution in [0.15, 0.2) is 52.7 Å². The van der Waals surface area contributed by atoms with Crippen LogP contribution in [0.25, 0.3) is 11.3 Å². The van der Waals surface area contributed by atoms with Crippen LogP contribution in [0.4, 0.5) is 5.13 Å². The lowest BCUT2D eigenvalue weighted by Crippen LogP contribution is -2.33. The number of anilines is 1. The normalized spacial score (nSPS) is 11.3. The van der Waals surface area contributed by atoms with Crippen LogP contribution in [0.5, 0.6) is 0 Å². The molecule has 0 fully saturated rings. The molecule has 0 aliphatic heterocycles. The zero-order valence-electron chi connectivity index (χ0n) is 18.5. The van der Waals surface area contributed by atoms with Gasteiger partial charge in [-0.2, -0.15) is 0 Å². The summed E-state index contributed by atoms with van der Waals surface area (Å²) in [5.74, 6) is -2.24. The van der Waals surface area contributed by atoms with E-state index in [2.05, 4.69) is 15.6 Å². The van der Waals surface area contributed by atoms with Crippen molar-refractivity contribution < 1.29 is 27.9 Å². The number of thiazole rings is 1. The Balaban J connectivity index is 1.66. The van der Waals surface area contributed by atoms with E-state index < -0.39 is 27.8 Å². The molecule has 2 amide bonds. The van der Waals surface area contributed by atoms with Gasteiger partial charge in [0.1, 0.15) is 0 Å². The molecule has 0 saturated heterocycles. The highest BCUT2D eigenvalue weighted by Gasteiger charge is 2.20. The summed E-state index contributed by atoms with van der Waals surface area (Å²) in [6, 6.07) is 10.4. The Bertz CT molecular complexity index is 1370. The molecule has 178 valence electrons. The van der Waals surface area contributed by atoms with Crippen molar-refractivity contribution in [3.63, 3.8) is 0 Å². The number of aromatic nitrogens is 1. The van der Waals surface area contributed by atoms with Gasteiger partial charge in [0.2, 0.25) is 15.9 Å². The lowest BCUT2D eigenvalue weighted by molar-refractivity contribution is -0.115. The Kier molecular flexibility index (Phi) is 7.44. The molecule has 0 radical (unpaired) electrons. The standard InChI is InChI=1S/C22H22N4O6S2/c1-13-6-4-9-16(21(29)30)19(13)17-12-33-22(24-17)25-18(27)11-23-20(28)14-7-5-8-15(10-14)34(31,32)26(2)3/h4-10,12H,11H2,1-3H3,(H,23,28)(H,29,30)(H,24,25,27). The summed E-state index contributed by atoms with van der Waals surface area (Å²) in [5, 5.41) is 16.3. The zero-order chi connectivity index (χ0) is 25.0. The molecule has 0 spiro atoms. The molecule has 1 aromatic heterocycles. The molecule has 0 bridgehead atoms. The van der Waals surface area contributed by atoms with E-state index >= 15 is 0 Å². The Morgan fingerprint density at radius 3 is 2.50 bits per heavy atom. The predicted octanol–water partition coefficient (Wildman–Crippen LogP) is 2.44. The van der Waals surface area contributed by atoms with Crippen molar-refractivity contribution >= 4 is 44.3 Å². The van der Waals surface area contributed by atoms with E-state index in [9.17, 15) is 27.9 Å². The van der Waals surface area contributed by atoms with Crippen LogP contribution in [0, 0.1) is 6.92 Å². The molecule has 3 aromatic rings. The highest BCUT2D eigenvalue weighted by molar-refractivity contribution is 7.89. The van der Waals surface area contributed by atoms with Crippen LogP contribution < -0.4 is 10.6 Å². The summed E-state index contributed by atoms with van der Waals surface area (Å²) in [7, 11) is -0.933. The van der Waals surface area contributed by atoms with Gasteiger partial charge in [-0.25, -0.2) is 22.5 Å². The summed E-state index contributed by atoms with van der Waals surface area (Å²) >= 11 is 1.12. The molecule has 1 heterocycles. The summed E-state index contributed by atoms with van der Waals surface area (Å²) in [5.41, 5.74) is 1.81. The maximum absolute atomic E-state index is 12.4. The van der Waals surface area contributed by atoms with Gasteiger partial charge in [0.15, 0.2) is 5.13 Å². The Morgan fingerprint density at radius 1 is 1.12 bits per heavy atom. The van der Waals surface area contributed by atoms with Crippen LogP contribution >= 0.6 is 11.3 Å². The predicted molar refractivity (Wildman–Crippen MR) is 128 cm³/mol. The SMILES string of the molecule is Cc1cccc(C(=O)O)c1-c1csc(NC(=O)CNC(=O)c2cccc(S(=O)(=O)N(C)C)c2)n1. The van der Waals surface area contributed by atoms with Crippen molar-refractivity contribution in [3.05, 3.63) is 64.5 Å². The lowest BCUT2D eigenvalue weighted by atomic mass is 10.00. The third-order valence-corrected chi connectivity index (χ3v) is 7.36. The molecule has 0 saturated carbocycles. The third kappa shape index (κ3) is 5.47. The Hall–Kier alpha value is -3.61. The van der Waals surface area contributed by atoms with E-state index in [1.165, 1.54) is 44.4 Å². The van der Waals surface area contributed by atoms with Gasteiger partial charge in [-0.15, -0.1) is 11.3 Å². The molecule has 12 heteroatoms. The summed E-state index contributed by atoms with van der Waals surface area (Å²) < 4.78 is 25.5. The van der Waals surface area contributed by atoms with Crippen molar-refractivity contribution in [1.82, 2.24) is 14.6 Å². The summed E-state index contributed by atoms with van der Waals surface area (Å²) in [4.78, 5) is 40.5. The molecule has 3 rings (SSSR count). The van der Waals surface area contributed by atoms with Crippen LogP contribution in [0.2, 0.25) is 0 Å². The van der Waals surface area contributed by atoms with Crippen molar-refractivity contribution in [1.29, 1.82) is 0 Å². The number of rotatable bonds is 8. The monoisotopic (exact) mass is 502 g/mol. The number of sulfonamides is 1. The first-order valence-corrected chi connectivity index (χ1v) is 12.2. The minimum Gasteiger partial charge on any atom is -0.478 e. The van der Waals surface area contributed by atoms with Gasteiger partial charge in [0.05, 0.1) is 22.7 Å². The topological polar surface area (TPSA) is 146 Å². The van der Waals surface area contributed by atoms with E-state index in [1.807, 2.05) is 0 Å². The molecule has 0 atom stereocenters. The van der Waals surface area contributed by atoms with E-state index in [0.29, 0.717) is 11.3 Å². The van der Waals surface area contributed by atoms with Crippen LogP contribution in [-0.4, -0.2) is 61.2 Å². The molecule has 0 unspecified atom stereocenters. The number of aromatic carboxylic acids is 1. The number of benzene rings is 2. The third-order valence-electron chi connectivity index (χ3n) is 4.79. The minimum absolute atomic E-state index is 0.0400. The number of carboxylic acids is 1. The second-order valence-electron chi connectivity index (χ2n) is 7.39. The molecule has 0 aliphatic carbocycles. The first-order valence-electron chi connectivity index (χ1n) is 9.90. The number of hydrogen-bond acceptors (Lipinski definition) is 7. The van der Waals surface area contributed by atoms with Gasteiger partial charge in [0, 0.05) is 30.6 Å². The number of aryl methyl sites for hydroxylation is 1. The number of hydrogen-bond donors (Lipinski definition) is 3. The highest BCUT2D eigenvalue weighted by Crippen LogP contribution is 2.30. The number of nitrogens with zero attached hydrogens (tertiary/aromatic N) is 2. The zero-order valence-corrected chi connectivity index (χ0v) is 20.2. The Labute approximate surface area is 200 Å². The number of carbonyl (C=O) groups is 3. The molecule has 34 heavy (non-hydrogen) atoms. The molecular formula is C22H22N4O6S2. The second-order valence-corrected chi connectivity index (χ2v) is 10.4. The van der Waals surface area contributed by atoms with Crippen molar-refractivity contribution in [2.45, 2.75) is 11.8 Å². The fourth-order valence-corrected chi connectivity index (χ4v) is 4.73. The summed E-state index contributed by atoms with van der Waals surface area (Å²) in [6.07, 6.45) is 0. The maximum Gasteiger partial charge on any atom is 0.336 e. The average Bonchev–Trinajstić information content (AvgIpc) is 3.24. The van der Waals surface area contributed by atoms with E-state index in [0.717, 1.165) is 21.2 Å². The van der Waals surface area contributed by atoms with Crippen LogP contribution in [0.3, 0.4) is 0 Å². The van der Waals surface area contributed by atoms with Crippen molar-refractivity contribution in [2.24, 2.45) is 0 Å². The molecule has 0 aliphatic rings. The quantitative estimate of drug-likeness (QED) is 0.429. The van der Waals surface area contributed by atoms with Gasteiger partial charge >= 0.3 is 5.97 Å². The first kappa shape index (κ1) is 25.0. The molecule has 3 N–H and O–H groups in total. The molecular weight excluding hydrogens is 480 g/mol. The van der Waals surface area contributed by atoms with Gasteiger partial charge in [-0.05, 0) is 36.8 Å². The lowest BCUT2D eigenvalue weighted by Gasteiger charge is -2.12. The van der Waals surface area contributed by atoms with Gasteiger partial charge in [-0.3, -0.25) is 9.59 Å². The molecule has 10 nitrogen and oxygen atoms in total. The van der Waals surface area contributed by atoms with E-state index in [1.54, 1.807) is 24.4 Å². The number of nitrogens with one attached hydrogen (secondary N) is 2. The Morgan fingerprint density at radius 2 is 1.82 bits per heavy atom. The van der Waals surface area contributed by atoms with Gasteiger partial charge < -0.3 is 15.7 Å². The number of carbonyl (C=O) groups excluding carboxylic acids is 2. The second kappa shape index (κ2) is 10.1. The van der Waals surface area contributed by atoms with E-state index in [4.69, 9.17) is 0 Å². The smallest absolute Gasteiger partial charge is 0.336 e.